The number of nitrogens with one attached hydrogen (secondary N) is 3. The maximum absolute atomic E-state index is 4.96. The van der Waals surface area contributed by atoms with Gasteiger partial charge >= 0.3 is 0 Å². The Hall–Kier alpha value is -2.71. The fourth-order valence-corrected chi connectivity index (χ4v) is 5.08. The molecule has 7 nitrogen and oxygen atoms in total. The first-order valence-corrected chi connectivity index (χ1v) is 10.2. The molecule has 4 aromatic rings. The maximum atomic E-state index is 4.96. The normalized spacial score (nSPS) is 22.0. The van der Waals surface area contributed by atoms with Crippen LogP contribution in [0.25, 0.3) is 21.1 Å². The van der Waals surface area contributed by atoms with Crippen molar-refractivity contribution in [1.82, 2.24) is 25.5 Å². The Morgan fingerprint density at radius 1 is 1.11 bits per heavy atom. The number of thiophene rings is 1. The quantitative estimate of drug-likeness (QED) is 0.508. The number of fused-ring (bicyclic) bond motifs is 4. The topological polar surface area (TPSA) is 81.8 Å². The molecule has 2 unspecified atom stereocenters. The first-order chi connectivity index (χ1) is 13.3. The second-order valence-electron chi connectivity index (χ2n) is 7.26. The molecule has 0 amide bonds. The number of nitrogens with zero attached hydrogens (tertiary/aromatic N) is 4. The van der Waals surface area contributed by atoms with E-state index in [4.69, 9.17) is 9.97 Å². The lowest BCUT2D eigenvalue weighted by molar-refractivity contribution is 0.477. The fourth-order valence-electron chi connectivity index (χ4n) is 4.32. The van der Waals surface area contributed by atoms with E-state index in [1.54, 1.807) is 11.3 Å². The predicted molar refractivity (Wildman–Crippen MR) is 109 cm³/mol. The van der Waals surface area contributed by atoms with Crippen molar-refractivity contribution >= 4 is 49.9 Å². The summed E-state index contributed by atoms with van der Waals surface area (Å²) in [5.41, 5.74) is 2.03. The Morgan fingerprint density at radius 2 is 2.00 bits per heavy atom. The Balaban J connectivity index is 1.43. The summed E-state index contributed by atoms with van der Waals surface area (Å²) in [4.78, 5) is 13.3. The van der Waals surface area contributed by atoms with Crippen LogP contribution in [0.1, 0.15) is 12.8 Å². The molecule has 2 fully saturated rings. The third kappa shape index (κ3) is 2.48. The fraction of sp³-hybridized carbons (Fsp3) is 0.316. The van der Waals surface area contributed by atoms with Crippen LogP contribution < -0.4 is 15.5 Å². The predicted octanol–water partition coefficient (Wildman–Crippen LogP) is 3.25. The molecule has 3 aromatic heterocycles. The highest BCUT2D eigenvalue weighted by Gasteiger charge is 2.38. The first-order valence-electron chi connectivity index (χ1n) is 9.29. The first kappa shape index (κ1) is 15.4. The molecule has 3 N–H and O–H groups in total. The van der Waals surface area contributed by atoms with Gasteiger partial charge in [0.05, 0.1) is 17.1 Å². The number of piperazine rings is 1. The van der Waals surface area contributed by atoms with Gasteiger partial charge in [0, 0.05) is 36.2 Å². The summed E-state index contributed by atoms with van der Waals surface area (Å²) in [6, 6.07) is 9.26. The molecule has 2 saturated heterocycles. The third-order valence-electron chi connectivity index (χ3n) is 5.63. The number of aromatic amines is 1. The molecule has 0 radical (unpaired) electrons. The van der Waals surface area contributed by atoms with Crippen molar-refractivity contribution in [3.8, 4) is 0 Å². The van der Waals surface area contributed by atoms with Crippen LogP contribution in [-0.2, 0) is 0 Å². The molecule has 6 rings (SSSR count). The van der Waals surface area contributed by atoms with Gasteiger partial charge in [-0.05, 0) is 42.5 Å². The average Bonchev–Trinajstić information content (AvgIpc) is 3.39. The molecule has 5 heterocycles. The molecule has 8 heteroatoms. The van der Waals surface area contributed by atoms with Crippen LogP contribution in [0.3, 0.4) is 0 Å². The van der Waals surface area contributed by atoms with E-state index in [0.29, 0.717) is 12.1 Å². The molecule has 0 spiro atoms. The number of rotatable bonds is 3. The van der Waals surface area contributed by atoms with Crippen LogP contribution in [0.5, 0.6) is 0 Å². The zero-order valence-corrected chi connectivity index (χ0v) is 15.5. The minimum Gasteiger partial charge on any atom is -0.340 e. The number of H-pyrrole nitrogens is 1. The van der Waals surface area contributed by atoms with E-state index in [1.807, 2.05) is 12.3 Å². The Morgan fingerprint density at radius 3 is 2.89 bits per heavy atom. The number of hydrogen-bond acceptors (Lipinski definition) is 7. The van der Waals surface area contributed by atoms with Crippen molar-refractivity contribution < 1.29 is 0 Å². The van der Waals surface area contributed by atoms with E-state index in [1.165, 1.54) is 12.8 Å². The van der Waals surface area contributed by atoms with Crippen LogP contribution in [-0.4, -0.2) is 45.3 Å². The van der Waals surface area contributed by atoms with Gasteiger partial charge in [-0.2, -0.15) is 10.1 Å². The van der Waals surface area contributed by atoms with Crippen molar-refractivity contribution in [2.45, 2.75) is 24.9 Å². The van der Waals surface area contributed by atoms with Gasteiger partial charge in [-0.1, -0.05) is 0 Å². The molecule has 2 atom stereocenters. The van der Waals surface area contributed by atoms with Crippen LogP contribution in [0.2, 0.25) is 0 Å². The minimum absolute atomic E-state index is 0.497. The summed E-state index contributed by atoms with van der Waals surface area (Å²) in [6.45, 7) is 2.03. The average molecular weight is 377 g/mol. The summed E-state index contributed by atoms with van der Waals surface area (Å²) in [6.07, 6.45) is 4.26. The van der Waals surface area contributed by atoms with Gasteiger partial charge in [0.2, 0.25) is 5.95 Å². The van der Waals surface area contributed by atoms with E-state index in [0.717, 1.165) is 51.7 Å². The zero-order chi connectivity index (χ0) is 17.8. The van der Waals surface area contributed by atoms with E-state index < -0.39 is 0 Å². The van der Waals surface area contributed by atoms with E-state index in [2.05, 4.69) is 49.3 Å². The molecular formula is C19H19N7S. The molecule has 2 bridgehead atoms. The lowest BCUT2D eigenvalue weighted by Gasteiger charge is -2.35. The molecular weight excluding hydrogens is 358 g/mol. The van der Waals surface area contributed by atoms with Crippen molar-refractivity contribution in [3.05, 3.63) is 35.8 Å². The molecule has 2 aliphatic rings. The van der Waals surface area contributed by atoms with Crippen LogP contribution in [0.4, 0.5) is 17.5 Å². The van der Waals surface area contributed by atoms with E-state index in [9.17, 15) is 0 Å². The number of benzene rings is 1. The standard InChI is InChI=1S/C19H19N7S/c1-4-16-11(8-21-25-16)7-12(1)22-17-15-5-6-27-18(15)24-19(23-17)26-13-2-3-14(26)10-20-9-13/h1,4-8,13-14,20H,2-3,9-10H2,(H,21,25)(H,22,23,24). The number of hydrogen-bond donors (Lipinski definition) is 3. The lowest BCUT2D eigenvalue weighted by Crippen LogP contribution is -2.52. The highest BCUT2D eigenvalue weighted by atomic mass is 32.1. The highest BCUT2D eigenvalue weighted by molar-refractivity contribution is 7.16. The second kappa shape index (κ2) is 5.90. The van der Waals surface area contributed by atoms with Gasteiger partial charge in [0.15, 0.2) is 0 Å². The Bertz CT molecular complexity index is 1120. The van der Waals surface area contributed by atoms with E-state index in [-0.39, 0.29) is 0 Å². The van der Waals surface area contributed by atoms with Crippen LogP contribution >= 0.6 is 11.3 Å². The lowest BCUT2D eigenvalue weighted by atomic mass is 10.2. The summed E-state index contributed by atoms with van der Waals surface area (Å²) < 4.78 is 0. The molecule has 0 aliphatic carbocycles. The third-order valence-corrected chi connectivity index (χ3v) is 6.43. The summed E-state index contributed by atoms with van der Waals surface area (Å²) in [7, 11) is 0. The smallest absolute Gasteiger partial charge is 0.229 e. The van der Waals surface area contributed by atoms with Gasteiger partial charge in [-0.3, -0.25) is 5.10 Å². The van der Waals surface area contributed by atoms with E-state index >= 15 is 0 Å². The van der Waals surface area contributed by atoms with Crippen molar-refractivity contribution in [1.29, 1.82) is 0 Å². The zero-order valence-electron chi connectivity index (χ0n) is 14.6. The monoisotopic (exact) mass is 377 g/mol. The van der Waals surface area contributed by atoms with Crippen molar-refractivity contribution in [2.75, 3.05) is 23.3 Å². The van der Waals surface area contributed by atoms with Crippen LogP contribution in [0.15, 0.2) is 35.8 Å². The minimum atomic E-state index is 0.497. The molecule has 136 valence electrons. The van der Waals surface area contributed by atoms with Crippen molar-refractivity contribution in [2.24, 2.45) is 0 Å². The molecule has 1 aromatic carbocycles. The maximum Gasteiger partial charge on any atom is 0.229 e. The van der Waals surface area contributed by atoms with Gasteiger partial charge in [0.1, 0.15) is 10.6 Å². The van der Waals surface area contributed by atoms with Gasteiger partial charge < -0.3 is 15.5 Å². The van der Waals surface area contributed by atoms with Crippen molar-refractivity contribution in [3.63, 3.8) is 0 Å². The van der Waals surface area contributed by atoms with Gasteiger partial charge in [-0.15, -0.1) is 11.3 Å². The molecule has 27 heavy (non-hydrogen) atoms. The largest absolute Gasteiger partial charge is 0.340 e. The Labute approximate surface area is 159 Å². The highest BCUT2D eigenvalue weighted by Crippen LogP contribution is 2.35. The summed E-state index contributed by atoms with van der Waals surface area (Å²) in [5, 5.41) is 18.4. The summed E-state index contributed by atoms with van der Waals surface area (Å²) in [5.74, 6) is 1.72. The SMILES string of the molecule is c1cc2c(Nc3ccc4[nH]ncc4c3)nc(N3C4CCC3CNC4)nc2s1. The summed E-state index contributed by atoms with van der Waals surface area (Å²) >= 11 is 1.67. The van der Waals surface area contributed by atoms with Crippen LogP contribution in [0, 0.1) is 0 Å². The van der Waals surface area contributed by atoms with Gasteiger partial charge in [-0.25, -0.2) is 4.98 Å². The van der Waals surface area contributed by atoms with Gasteiger partial charge in [0.25, 0.3) is 0 Å². The molecule has 0 saturated carbocycles. The Kier molecular flexibility index (Phi) is 3.36. The number of anilines is 3. The number of aromatic nitrogens is 4. The molecule has 2 aliphatic heterocycles. The second-order valence-corrected chi connectivity index (χ2v) is 8.15.